The summed E-state index contributed by atoms with van der Waals surface area (Å²) in [5, 5.41) is 6.77. The molecule has 2 rings (SSSR count). The van der Waals surface area contributed by atoms with E-state index in [-0.39, 0.29) is 24.1 Å². The van der Waals surface area contributed by atoms with E-state index in [0.29, 0.717) is 11.1 Å². The molecule has 0 aliphatic carbocycles. The summed E-state index contributed by atoms with van der Waals surface area (Å²) >= 11 is 0. The fourth-order valence-electron chi connectivity index (χ4n) is 2.29. The van der Waals surface area contributed by atoms with E-state index in [1.54, 1.807) is 38.4 Å². The van der Waals surface area contributed by atoms with Crippen LogP contribution in [0.2, 0.25) is 0 Å². The number of methoxy groups -OCH3 is 2. The first-order chi connectivity index (χ1) is 10.9. The number of amides is 1. The third-order valence-corrected chi connectivity index (χ3v) is 3.71. The van der Waals surface area contributed by atoms with Crippen LogP contribution in [-0.4, -0.2) is 36.5 Å². The van der Waals surface area contributed by atoms with Crippen LogP contribution in [0.15, 0.2) is 30.5 Å². The third-order valence-electron chi connectivity index (χ3n) is 3.71. The molecule has 1 aromatic heterocycles. The Morgan fingerprint density at radius 2 is 2.09 bits per heavy atom. The number of nitrogens with one attached hydrogen (secondary N) is 1. The van der Waals surface area contributed by atoms with Crippen molar-refractivity contribution in [1.29, 1.82) is 0 Å². The van der Waals surface area contributed by atoms with Crippen molar-refractivity contribution in [3.05, 3.63) is 47.4 Å². The first kappa shape index (κ1) is 17.0. The third kappa shape index (κ3) is 3.50. The number of nitrogens with zero attached hydrogens (tertiary/aromatic N) is 2. The quantitative estimate of drug-likeness (QED) is 0.882. The molecule has 1 N–H and O–H groups in total. The predicted molar refractivity (Wildman–Crippen MR) is 82.9 cm³/mol. The molecule has 23 heavy (non-hydrogen) atoms. The topological polar surface area (TPSA) is 65.4 Å². The number of aryl methyl sites for hydroxylation is 1. The van der Waals surface area contributed by atoms with Crippen LogP contribution < -0.4 is 10.1 Å². The minimum atomic E-state index is -0.990. The van der Waals surface area contributed by atoms with Gasteiger partial charge in [0.05, 0.1) is 13.7 Å². The molecule has 0 radical (unpaired) electrons. The van der Waals surface area contributed by atoms with E-state index in [2.05, 4.69) is 10.4 Å². The van der Waals surface area contributed by atoms with Gasteiger partial charge in [0.25, 0.3) is 5.91 Å². The van der Waals surface area contributed by atoms with Gasteiger partial charge in [-0.1, -0.05) is 18.2 Å². The maximum absolute atomic E-state index is 14.0. The molecule has 1 aromatic carbocycles. The zero-order chi connectivity index (χ0) is 17.0. The van der Waals surface area contributed by atoms with Crippen LogP contribution >= 0.6 is 0 Å². The smallest absolute Gasteiger partial charge is 0.258 e. The number of carbonyl (C=O) groups excluding carboxylic acids is 1. The number of carbonyl (C=O) groups is 1. The van der Waals surface area contributed by atoms with Gasteiger partial charge in [-0.05, 0) is 13.0 Å². The monoisotopic (exact) mass is 321 g/mol. The number of ether oxygens (including phenoxy) is 2. The van der Waals surface area contributed by atoms with Crippen LogP contribution in [0, 0.1) is 5.82 Å². The highest BCUT2D eigenvalue weighted by Gasteiger charge is 2.30. The zero-order valence-corrected chi connectivity index (χ0v) is 13.6. The molecule has 0 spiro atoms. The lowest BCUT2D eigenvalue weighted by molar-refractivity contribution is 0.000366. The highest BCUT2D eigenvalue weighted by atomic mass is 19.1. The number of halogens is 1. The van der Waals surface area contributed by atoms with E-state index in [9.17, 15) is 9.18 Å². The molecule has 0 aliphatic rings. The first-order valence-corrected chi connectivity index (χ1v) is 7.07. The fourth-order valence-corrected chi connectivity index (χ4v) is 2.29. The van der Waals surface area contributed by atoms with Crippen molar-refractivity contribution in [3.63, 3.8) is 0 Å². The second-order valence-corrected chi connectivity index (χ2v) is 5.32. The van der Waals surface area contributed by atoms with Gasteiger partial charge in [0.15, 0.2) is 0 Å². The van der Waals surface area contributed by atoms with Gasteiger partial charge in [0.1, 0.15) is 17.0 Å². The van der Waals surface area contributed by atoms with Crippen LogP contribution in [0.25, 0.3) is 0 Å². The summed E-state index contributed by atoms with van der Waals surface area (Å²) in [5.74, 6) is -0.519. The summed E-state index contributed by atoms with van der Waals surface area (Å²) in [6.07, 6.45) is 1.56. The van der Waals surface area contributed by atoms with Crippen molar-refractivity contribution >= 4 is 5.91 Å². The van der Waals surface area contributed by atoms with Gasteiger partial charge in [0.2, 0.25) is 5.88 Å². The van der Waals surface area contributed by atoms with Gasteiger partial charge in [-0.3, -0.25) is 9.48 Å². The Balaban J connectivity index is 2.17. The Kier molecular flexibility index (Phi) is 5.00. The second-order valence-electron chi connectivity index (χ2n) is 5.32. The molecule has 0 saturated carbocycles. The number of hydrogen-bond donors (Lipinski definition) is 1. The Labute approximate surface area is 134 Å². The van der Waals surface area contributed by atoms with Gasteiger partial charge in [-0.25, -0.2) is 4.39 Å². The lowest BCUT2D eigenvalue weighted by atomic mass is 9.95. The number of rotatable bonds is 6. The molecule has 0 saturated heterocycles. The maximum Gasteiger partial charge on any atom is 0.258 e. The molecule has 1 amide bonds. The summed E-state index contributed by atoms with van der Waals surface area (Å²) in [6, 6.07) is 6.32. The zero-order valence-electron chi connectivity index (χ0n) is 13.6. The average molecular weight is 321 g/mol. The van der Waals surface area contributed by atoms with Crippen LogP contribution in [0.5, 0.6) is 5.88 Å². The van der Waals surface area contributed by atoms with E-state index in [0.717, 1.165) is 0 Å². The van der Waals surface area contributed by atoms with E-state index in [1.165, 1.54) is 25.0 Å². The van der Waals surface area contributed by atoms with Gasteiger partial charge in [0, 0.05) is 25.9 Å². The molecule has 0 unspecified atom stereocenters. The molecule has 7 heteroatoms. The van der Waals surface area contributed by atoms with Gasteiger partial charge in [-0.15, -0.1) is 5.10 Å². The summed E-state index contributed by atoms with van der Waals surface area (Å²) < 4.78 is 26.0. The fraction of sp³-hybridized carbons (Fsp3) is 0.375. The van der Waals surface area contributed by atoms with Gasteiger partial charge >= 0.3 is 0 Å². The lowest BCUT2D eigenvalue weighted by Gasteiger charge is -2.29. The molecule has 6 nitrogen and oxygen atoms in total. The second kappa shape index (κ2) is 6.78. The Morgan fingerprint density at radius 1 is 1.39 bits per heavy atom. The van der Waals surface area contributed by atoms with Crippen molar-refractivity contribution in [2.24, 2.45) is 7.05 Å². The Hall–Kier alpha value is -2.41. The van der Waals surface area contributed by atoms with E-state index < -0.39 is 5.60 Å². The minimum absolute atomic E-state index is 0.0985. The van der Waals surface area contributed by atoms with Crippen LogP contribution in [-0.2, 0) is 17.4 Å². The van der Waals surface area contributed by atoms with Gasteiger partial charge in [-0.2, -0.15) is 0 Å². The van der Waals surface area contributed by atoms with E-state index in [1.807, 2.05) is 0 Å². The number of aromatic nitrogens is 2. The first-order valence-electron chi connectivity index (χ1n) is 7.07. The molecule has 2 aromatic rings. The number of benzene rings is 1. The standard InChI is InChI=1S/C16H20FN3O3/c1-16(23-4,12-7-5-6-8-13(12)17)10-18-14(21)11-9-20(2)19-15(11)22-3/h5-9H,10H2,1-4H3,(H,18,21)/t16-/m0/s1. The normalized spacial score (nSPS) is 13.4. The highest BCUT2D eigenvalue weighted by Crippen LogP contribution is 2.26. The average Bonchev–Trinajstić information content (AvgIpc) is 2.94. The molecule has 1 atom stereocenters. The Bertz CT molecular complexity index is 702. The predicted octanol–water partition coefficient (Wildman–Crippen LogP) is 1.86. The molecular weight excluding hydrogens is 301 g/mol. The van der Waals surface area contributed by atoms with Crippen molar-refractivity contribution in [2.45, 2.75) is 12.5 Å². The van der Waals surface area contributed by atoms with E-state index in [4.69, 9.17) is 9.47 Å². The molecule has 124 valence electrons. The van der Waals surface area contributed by atoms with Crippen molar-refractivity contribution in [1.82, 2.24) is 15.1 Å². The largest absolute Gasteiger partial charge is 0.479 e. The van der Waals surface area contributed by atoms with Gasteiger partial charge < -0.3 is 14.8 Å². The Morgan fingerprint density at radius 3 is 2.70 bits per heavy atom. The van der Waals surface area contributed by atoms with Crippen molar-refractivity contribution in [2.75, 3.05) is 20.8 Å². The molecule has 0 bridgehead atoms. The summed E-state index contributed by atoms with van der Waals surface area (Å²) in [6.45, 7) is 1.81. The minimum Gasteiger partial charge on any atom is -0.479 e. The highest BCUT2D eigenvalue weighted by molar-refractivity contribution is 5.96. The summed E-state index contributed by atoms with van der Waals surface area (Å²) in [4.78, 5) is 12.3. The molecular formula is C16H20FN3O3. The van der Waals surface area contributed by atoms with Crippen LogP contribution in [0.1, 0.15) is 22.8 Å². The molecule has 0 aliphatic heterocycles. The summed E-state index contributed by atoms with van der Waals surface area (Å²) in [7, 11) is 4.61. The summed E-state index contributed by atoms with van der Waals surface area (Å²) in [5.41, 5.74) is -0.306. The lowest BCUT2D eigenvalue weighted by Crippen LogP contribution is -2.40. The van der Waals surface area contributed by atoms with Crippen LogP contribution in [0.4, 0.5) is 4.39 Å². The molecule has 0 fully saturated rings. The van der Waals surface area contributed by atoms with Crippen molar-refractivity contribution < 1.29 is 18.7 Å². The SMILES string of the molecule is COc1nn(C)cc1C(=O)NC[C@](C)(OC)c1ccccc1F. The van der Waals surface area contributed by atoms with Crippen molar-refractivity contribution in [3.8, 4) is 5.88 Å². The molecule has 1 heterocycles. The van der Waals surface area contributed by atoms with Crippen LogP contribution in [0.3, 0.4) is 0 Å². The maximum atomic E-state index is 14.0. The number of hydrogen-bond acceptors (Lipinski definition) is 4. The van der Waals surface area contributed by atoms with E-state index >= 15 is 0 Å².